The lowest BCUT2D eigenvalue weighted by molar-refractivity contribution is -0.151. The first kappa shape index (κ1) is 21.7. The molecular weight excluding hydrogens is 384 g/mol. The lowest BCUT2D eigenvalue weighted by atomic mass is 9.99. The summed E-state index contributed by atoms with van der Waals surface area (Å²) >= 11 is 1.28. The van der Waals surface area contributed by atoms with Gasteiger partial charge >= 0.3 is 11.9 Å². The molecule has 0 bridgehead atoms. The predicted octanol–water partition coefficient (Wildman–Crippen LogP) is 1.74. The number of para-hydroxylation sites is 1. The maximum atomic E-state index is 12.1. The molecule has 2 rings (SSSR count). The molecule has 0 spiro atoms. The molecule has 1 aliphatic heterocycles. The van der Waals surface area contributed by atoms with E-state index in [9.17, 15) is 19.2 Å². The van der Waals surface area contributed by atoms with Gasteiger partial charge in [0.2, 0.25) is 5.91 Å². The molecule has 0 saturated heterocycles. The zero-order valence-electron chi connectivity index (χ0n) is 16.0. The monoisotopic (exact) mass is 408 g/mol. The fourth-order valence-corrected chi connectivity index (χ4v) is 3.69. The van der Waals surface area contributed by atoms with E-state index in [1.807, 2.05) is 32.0 Å². The van der Waals surface area contributed by atoms with Crippen LogP contribution in [0.4, 0.5) is 5.69 Å². The van der Waals surface area contributed by atoms with Crippen molar-refractivity contribution in [2.24, 2.45) is 5.92 Å². The summed E-state index contributed by atoms with van der Waals surface area (Å²) in [5, 5.41) is 4.64. The number of nitrogens with one attached hydrogen (secondary N) is 2. The number of esters is 2. The van der Waals surface area contributed by atoms with Crippen LogP contribution in [0.5, 0.6) is 0 Å². The van der Waals surface area contributed by atoms with Crippen molar-refractivity contribution in [3.05, 3.63) is 24.3 Å². The molecule has 0 saturated carbocycles. The SMILES string of the molecule is CC[C@H](C)[C@H](NC(=O)COC(=O)C[C@H]1Sc2ccccc2NC1=O)C(=O)OC. The molecule has 0 unspecified atom stereocenters. The van der Waals surface area contributed by atoms with Gasteiger partial charge in [-0.3, -0.25) is 14.4 Å². The van der Waals surface area contributed by atoms with Gasteiger partial charge in [-0.25, -0.2) is 4.79 Å². The van der Waals surface area contributed by atoms with E-state index in [1.165, 1.54) is 18.9 Å². The first-order valence-electron chi connectivity index (χ1n) is 8.95. The van der Waals surface area contributed by atoms with Crippen LogP contribution in [0, 0.1) is 5.92 Å². The molecule has 8 nitrogen and oxygen atoms in total. The topological polar surface area (TPSA) is 111 Å². The second-order valence-electron chi connectivity index (χ2n) is 6.41. The largest absolute Gasteiger partial charge is 0.467 e. The van der Waals surface area contributed by atoms with Crippen LogP contribution in [0.1, 0.15) is 26.7 Å². The predicted molar refractivity (Wildman–Crippen MR) is 104 cm³/mol. The number of rotatable bonds is 8. The zero-order valence-corrected chi connectivity index (χ0v) is 16.8. The van der Waals surface area contributed by atoms with E-state index in [0.717, 1.165) is 4.90 Å². The number of amides is 2. The van der Waals surface area contributed by atoms with Gasteiger partial charge in [0.25, 0.3) is 5.91 Å². The Hall–Kier alpha value is -2.55. The molecule has 0 aliphatic carbocycles. The number of benzene rings is 1. The van der Waals surface area contributed by atoms with Gasteiger partial charge < -0.3 is 20.1 Å². The van der Waals surface area contributed by atoms with Crippen molar-refractivity contribution in [3.63, 3.8) is 0 Å². The summed E-state index contributed by atoms with van der Waals surface area (Å²) in [5.41, 5.74) is 0.709. The second kappa shape index (κ2) is 10.1. The maximum Gasteiger partial charge on any atom is 0.328 e. The maximum absolute atomic E-state index is 12.1. The van der Waals surface area contributed by atoms with E-state index in [4.69, 9.17) is 9.47 Å². The number of thioether (sulfide) groups is 1. The first-order valence-corrected chi connectivity index (χ1v) is 9.83. The minimum absolute atomic E-state index is 0.130. The van der Waals surface area contributed by atoms with Crippen LogP contribution in [0.15, 0.2) is 29.2 Å². The second-order valence-corrected chi connectivity index (χ2v) is 7.66. The molecule has 2 amide bonds. The molecule has 9 heteroatoms. The summed E-state index contributed by atoms with van der Waals surface area (Å²) in [5.74, 6) is -2.24. The number of methoxy groups -OCH3 is 1. The summed E-state index contributed by atoms with van der Waals surface area (Å²) in [6.07, 6.45) is 0.499. The van der Waals surface area contributed by atoms with Crippen molar-refractivity contribution in [2.45, 2.75) is 42.9 Å². The molecule has 3 atom stereocenters. The first-order chi connectivity index (χ1) is 13.3. The Balaban J connectivity index is 1.84. The summed E-state index contributed by atoms with van der Waals surface area (Å²) < 4.78 is 9.67. The van der Waals surface area contributed by atoms with E-state index in [2.05, 4.69) is 10.6 Å². The number of fused-ring (bicyclic) bond motifs is 1. The van der Waals surface area contributed by atoms with Crippen LogP contribution in [0.2, 0.25) is 0 Å². The quantitative estimate of drug-likeness (QED) is 0.630. The van der Waals surface area contributed by atoms with Crippen molar-refractivity contribution in [3.8, 4) is 0 Å². The van der Waals surface area contributed by atoms with E-state index in [0.29, 0.717) is 12.1 Å². The smallest absolute Gasteiger partial charge is 0.328 e. The van der Waals surface area contributed by atoms with E-state index in [-0.39, 0.29) is 18.2 Å². The van der Waals surface area contributed by atoms with Gasteiger partial charge in [-0.15, -0.1) is 11.8 Å². The van der Waals surface area contributed by atoms with Gasteiger partial charge in [-0.05, 0) is 18.1 Å². The summed E-state index contributed by atoms with van der Waals surface area (Å²) in [4.78, 5) is 48.9. The van der Waals surface area contributed by atoms with E-state index in [1.54, 1.807) is 6.07 Å². The number of anilines is 1. The molecule has 1 heterocycles. The number of hydrogen-bond acceptors (Lipinski definition) is 7. The normalized spacial score (nSPS) is 17.5. The van der Waals surface area contributed by atoms with Gasteiger partial charge in [0.05, 0.1) is 24.5 Å². The van der Waals surface area contributed by atoms with E-state index >= 15 is 0 Å². The Kier molecular flexibility index (Phi) is 7.86. The molecule has 152 valence electrons. The van der Waals surface area contributed by atoms with Crippen LogP contribution >= 0.6 is 11.8 Å². The molecule has 28 heavy (non-hydrogen) atoms. The molecule has 1 aromatic rings. The molecule has 1 aromatic carbocycles. The van der Waals surface area contributed by atoms with Crippen molar-refractivity contribution in [1.29, 1.82) is 0 Å². The Labute approximate surface area is 167 Å². The minimum Gasteiger partial charge on any atom is -0.467 e. The summed E-state index contributed by atoms with van der Waals surface area (Å²) in [7, 11) is 1.24. The average molecular weight is 408 g/mol. The Morgan fingerprint density at radius 1 is 1.29 bits per heavy atom. The zero-order chi connectivity index (χ0) is 20.7. The molecule has 0 fully saturated rings. The number of carbonyl (C=O) groups excluding carboxylic acids is 4. The van der Waals surface area contributed by atoms with Crippen molar-refractivity contribution in [1.82, 2.24) is 5.32 Å². The number of ether oxygens (including phenoxy) is 2. The Bertz CT molecular complexity index is 754. The number of hydrogen-bond donors (Lipinski definition) is 2. The highest BCUT2D eigenvalue weighted by Gasteiger charge is 2.30. The third kappa shape index (κ3) is 5.72. The lowest BCUT2D eigenvalue weighted by Gasteiger charge is -2.23. The molecule has 0 radical (unpaired) electrons. The summed E-state index contributed by atoms with van der Waals surface area (Å²) in [6, 6.07) is 6.49. The lowest BCUT2D eigenvalue weighted by Crippen LogP contribution is -2.47. The Morgan fingerprint density at radius 3 is 2.68 bits per heavy atom. The molecular formula is C19H24N2O6S. The van der Waals surface area contributed by atoms with Crippen LogP contribution in [0.25, 0.3) is 0 Å². The highest BCUT2D eigenvalue weighted by molar-refractivity contribution is 8.01. The third-order valence-electron chi connectivity index (χ3n) is 4.41. The van der Waals surface area contributed by atoms with Gasteiger partial charge in [-0.2, -0.15) is 0 Å². The molecule has 0 aromatic heterocycles. The van der Waals surface area contributed by atoms with Gasteiger partial charge in [0.15, 0.2) is 6.61 Å². The highest BCUT2D eigenvalue weighted by Crippen LogP contribution is 2.36. The van der Waals surface area contributed by atoms with Crippen molar-refractivity contribution >= 4 is 41.2 Å². The standard InChI is InChI=1S/C19H24N2O6S/c1-4-11(2)17(19(25)26-3)21-15(22)10-27-16(23)9-14-18(24)20-12-7-5-6-8-13(12)28-14/h5-8,11,14,17H,4,9-10H2,1-3H3,(H,20,24)(H,21,22)/t11-,14+,17-/m0/s1. The molecule has 2 N–H and O–H groups in total. The molecule has 1 aliphatic rings. The average Bonchev–Trinajstić information content (AvgIpc) is 2.69. The van der Waals surface area contributed by atoms with Gasteiger partial charge in [0, 0.05) is 4.90 Å². The Morgan fingerprint density at radius 2 is 2.00 bits per heavy atom. The van der Waals surface area contributed by atoms with Crippen LogP contribution < -0.4 is 10.6 Å². The number of carbonyl (C=O) groups is 4. The summed E-state index contributed by atoms with van der Waals surface area (Å²) in [6.45, 7) is 3.17. The van der Waals surface area contributed by atoms with E-state index < -0.39 is 35.7 Å². The van der Waals surface area contributed by atoms with Crippen molar-refractivity contribution < 1.29 is 28.7 Å². The van der Waals surface area contributed by atoms with Crippen LogP contribution in [-0.4, -0.2) is 48.8 Å². The van der Waals surface area contributed by atoms with Crippen molar-refractivity contribution in [2.75, 3.05) is 19.0 Å². The van der Waals surface area contributed by atoms with Gasteiger partial charge in [-0.1, -0.05) is 32.4 Å². The van der Waals surface area contributed by atoms with Gasteiger partial charge in [0.1, 0.15) is 6.04 Å². The fourth-order valence-electron chi connectivity index (χ4n) is 2.59. The van der Waals surface area contributed by atoms with Crippen LogP contribution in [-0.2, 0) is 28.7 Å². The minimum atomic E-state index is -0.808. The fraction of sp³-hybridized carbons (Fsp3) is 0.474. The third-order valence-corrected chi connectivity index (χ3v) is 5.68. The van der Waals surface area contributed by atoms with Crippen LogP contribution in [0.3, 0.4) is 0 Å². The highest BCUT2D eigenvalue weighted by atomic mass is 32.2.